The molecule has 5 rings (SSSR count). The van der Waals surface area contributed by atoms with Crippen molar-refractivity contribution in [1.82, 2.24) is 0 Å². The van der Waals surface area contributed by atoms with Gasteiger partial charge in [0.05, 0.1) is 14.4 Å². The van der Waals surface area contributed by atoms with Crippen LogP contribution in [0.2, 0.25) is 5.02 Å². The first-order chi connectivity index (χ1) is 12.7. The molecule has 2 heterocycles. The highest BCUT2D eigenvalue weighted by Crippen LogP contribution is 2.45. The molecule has 5 aromatic rings. The van der Waals surface area contributed by atoms with Gasteiger partial charge in [0.15, 0.2) is 0 Å². The number of hydrogen-bond acceptors (Lipinski definition) is 3. The highest BCUT2D eigenvalue weighted by Gasteiger charge is 2.20. The standard InChI is InChI=1S/C21H12ClNOS2/c22-17-19-18(15-7-3-4-8-16(15)25-19)26-20(17)21(24)23-14-10-9-12-5-1-2-6-13(12)11-14/h1-11H,(H,23,24). The number of benzene rings is 3. The topological polar surface area (TPSA) is 29.1 Å². The molecule has 0 atom stereocenters. The minimum atomic E-state index is -0.164. The molecular weight excluding hydrogens is 382 g/mol. The van der Waals surface area contributed by atoms with Gasteiger partial charge in [-0.05, 0) is 29.0 Å². The van der Waals surface area contributed by atoms with Gasteiger partial charge in [-0.3, -0.25) is 4.79 Å². The average Bonchev–Trinajstić information content (AvgIpc) is 3.19. The third-order valence-corrected chi connectivity index (χ3v) is 7.51. The van der Waals surface area contributed by atoms with E-state index < -0.39 is 0 Å². The first kappa shape index (κ1) is 15.8. The molecule has 126 valence electrons. The fourth-order valence-corrected chi connectivity index (χ4v) is 6.03. The average molecular weight is 394 g/mol. The van der Waals surface area contributed by atoms with Gasteiger partial charge in [-0.1, -0.05) is 60.1 Å². The monoisotopic (exact) mass is 393 g/mol. The number of thiophene rings is 2. The molecule has 0 spiro atoms. The lowest BCUT2D eigenvalue weighted by atomic mass is 10.1. The molecular formula is C21H12ClNOS2. The maximum Gasteiger partial charge on any atom is 0.267 e. The summed E-state index contributed by atoms with van der Waals surface area (Å²) in [6.45, 7) is 0. The predicted octanol–water partition coefficient (Wildman–Crippen LogP) is 7.17. The number of hydrogen-bond donors (Lipinski definition) is 1. The molecule has 0 fully saturated rings. The number of halogens is 1. The van der Waals surface area contributed by atoms with Crippen LogP contribution in [0, 0.1) is 0 Å². The quantitative estimate of drug-likeness (QED) is 0.338. The van der Waals surface area contributed by atoms with Crippen molar-refractivity contribution in [1.29, 1.82) is 0 Å². The van der Waals surface area contributed by atoms with Crippen LogP contribution < -0.4 is 5.32 Å². The van der Waals surface area contributed by atoms with Crippen molar-refractivity contribution in [2.24, 2.45) is 0 Å². The van der Waals surface area contributed by atoms with Crippen LogP contribution in [0.4, 0.5) is 5.69 Å². The number of rotatable bonds is 2. The maximum atomic E-state index is 12.8. The molecule has 0 aliphatic rings. The molecule has 0 saturated heterocycles. The van der Waals surface area contributed by atoms with Crippen molar-refractivity contribution < 1.29 is 4.79 Å². The van der Waals surface area contributed by atoms with E-state index in [9.17, 15) is 4.79 Å². The Bertz CT molecular complexity index is 1300. The maximum absolute atomic E-state index is 12.8. The molecule has 0 unspecified atom stereocenters. The zero-order chi connectivity index (χ0) is 17.7. The van der Waals surface area contributed by atoms with Gasteiger partial charge in [0.1, 0.15) is 4.88 Å². The van der Waals surface area contributed by atoms with Gasteiger partial charge in [-0.15, -0.1) is 22.7 Å². The molecule has 0 radical (unpaired) electrons. The van der Waals surface area contributed by atoms with Crippen molar-refractivity contribution in [3.63, 3.8) is 0 Å². The first-order valence-electron chi connectivity index (χ1n) is 8.10. The van der Waals surface area contributed by atoms with Crippen LogP contribution in [0.15, 0.2) is 66.7 Å². The Hall–Kier alpha value is -2.40. The predicted molar refractivity (Wildman–Crippen MR) is 114 cm³/mol. The second-order valence-corrected chi connectivity index (χ2v) is 8.47. The van der Waals surface area contributed by atoms with Crippen LogP contribution in [-0.2, 0) is 0 Å². The highest BCUT2D eigenvalue weighted by atomic mass is 35.5. The fraction of sp³-hybridized carbons (Fsp3) is 0. The molecule has 5 heteroatoms. The number of anilines is 1. The third-order valence-electron chi connectivity index (χ3n) is 4.37. The lowest BCUT2D eigenvalue weighted by Crippen LogP contribution is -2.10. The summed E-state index contributed by atoms with van der Waals surface area (Å²) >= 11 is 9.64. The SMILES string of the molecule is O=C(Nc1ccc2ccccc2c1)c1sc2c(sc3ccccc32)c1Cl. The minimum absolute atomic E-state index is 0.164. The van der Waals surface area contributed by atoms with Crippen LogP contribution in [0.1, 0.15) is 9.67 Å². The Morgan fingerprint density at radius 2 is 1.62 bits per heavy atom. The van der Waals surface area contributed by atoms with E-state index in [-0.39, 0.29) is 5.91 Å². The Labute approximate surface area is 162 Å². The van der Waals surface area contributed by atoms with E-state index in [2.05, 4.69) is 23.5 Å². The first-order valence-corrected chi connectivity index (χ1v) is 10.1. The molecule has 2 aromatic heterocycles. The van der Waals surface area contributed by atoms with Gasteiger partial charge in [0, 0.05) is 15.8 Å². The van der Waals surface area contributed by atoms with Gasteiger partial charge >= 0.3 is 0 Å². The molecule has 1 N–H and O–H groups in total. The molecule has 0 saturated carbocycles. The number of carbonyl (C=O) groups excluding carboxylic acids is 1. The Kier molecular flexibility index (Phi) is 3.71. The van der Waals surface area contributed by atoms with E-state index in [1.807, 2.05) is 48.5 Å². The van der Waals surface area contributed by atoms with E-state index >= 15 is 0 Å². The van der Waals surface area contributed by atoms with E-state index in [1.54, 1.807) is 11.3 Å². The van der Waals surface area contributed by atoms with Gasteiger partial charge in [-0.2, -0.15) is 0 Å². The number of fused-ring (bicyclic) bond motifs is 4. The second-order valence-electron chi connectivity index (χ2n) is 6.02. The van der Waals surface area contributed by atoms with Gasteiger partial charge in [0.2, 0.25) is 0 Å². The van der Waals surface area contributed by atoms with Crippen molar-refractivity contribution in [2.45, 2.75) is 0 Å². The van der Waals surface area contributed by atoms with Crippen molar-refractivity contribution in [3.8, 4) is 0 Å². The Morgan fingerprint density at radius 1 is 0.846 bits per heavy atom. The van der Waals surface area contributed by atoms with Crippen LogP contribution in [0.3, 0.4) is 0 Å². The number of nitrogens with one attached hydrogen (secondary N) is 1. The summed E-state index contributed by atoms with van der Waals surface area (Å²) in [6.07, 6.45) is 0. The highest BCUT2D eigenvalue weighted by molar-refractivity contribution is 7.34. The van der Waals surface area contributed by atoms with Crippen LogP contribution >= 0.6 is 34.3 Å². The Morgan fingerprint density at radius 3 is 2.50 bits per heavy atom. The van der Waals surface area contributed by atoms with Crippen LogP contribution in [0.25, 0.3) is 30.3 Å². The fourth-order valence-electron chi connectivity index (χ4n) is 3.12. The zero-order valence-corrected chi connectivity index (χ0v) is 15.8. The number of amides is 1. The molecule has 26 heavy (non-hydrogen) atoms. The van der Waals surface area contributed by atoms with Crippen molar-refractivity contribution >= 4 is 76.1 Å². The van der Waals surface area contributed by atoms with Gasteiger partial charge < -0.3 is 5.32 Å². The normalized spacial score (nSPS) is 11.4. The zero-order valence-electron chi connectivity index (χ0n) is 13.5. The lowest BCUT2D eigenvalue weighted by molar-refractivity contribution is 0.103. The van der Waals surface area contributed by atoms with E-state index in [0.717, 1.165) is 31.2 Å². The summed E-state index contributed by atoms with van der Waals surface area (Å²) in [5.74, 6) is -0.164. The molecule has 0 bridgehead atoms. The molecule has 0 aliphatic heterocycles. The summed E-state index contributed by atoms with van der Waals surface area (Å²) in [6, 6.07) is 22.2. The van der Waals surface area contributed by atoms with E-state index in [4.69, 9.17) is 11.6 Å². The minimum Gasteiger partial charge on any atom is -0.321 e. The second kappa shape index (κ2) is 6.09. The van der Waals surface area contributed by atoms with Crippen LogP contribution in [0.5, 0.6) is 0 Å². The summed E-state index contributed by atoms with van der Waals surface area (Å²) < 4.78 is 3.26. The molecule has 1 amide bonds. The summed E-state index contributed by atoms with van der Waals surface area (Å²) in [5, 5.41) is 6.92. The largest absolute Gasteiger partial charge is 0.321 e. The lowest BCUT2D eigenvalue weighted by Gasteiger charge is -2.06. The van der Waals surface area contributed by atoms with Crippen molar-refractivity contribution in [3.05, 3.63) is 76.6 Å². The summed E-state index contributed by atoms with van der Waals surface area (Å²) in [5.41, 5.74) is 0.770. The third kappa shape index (κ3) is 2.50. The smallest absolute Gasteiger partial charge is 0.267 e. The summed E-state index contributed by atoms with van der Waals surface area (Å²) in [7, 11) is 0. The summed E-state index contributed by atoms with van der Waals surface area (Å²) in [4.78, 5) is 13.4. The van der Waals surface area contributed by atoms with E-state index in [1.165, 1.54) is 16.0 Å². The molecule has 3 aromatic carbocycles. The van der Waals surface area contributed by atoms with Gasteiger partial charge in [-0.25, -0.2) is 0 Å². The van der Waals surface area contributed by atoms with Gasteiger partial charge in [0.25, 0.3) is 5.91 Å². The van der Waals surface area contributed by atoms with Crippen LogP contribution in [-0.4, -0.2) is 5.91 Å². The Balaban J connectivity index is 1.54. The number of carbonyl (C=O) groups is 1. The molecule has 0 aliphatic carbocycles. The molecule has 2 nitrogen and oxygen atoms in total. The van der Waals surface area contributed by atoms with E-state index in [0.29, 0.717) is 9.90 Å². The van der Waals surface area contributed by atoms with Crippen molar-refractivity contribution in [2.75, 3.05) is 5.32 Å².